The summed E-state index contributed by atoms with van der Waals surface area (Å²) in [7, 11) is 1.63. The van der Waals surface area contributed by atoms with Crippen molar-refractivity contribution in [2.45, 2.75) is 13.5 Å². The number of pyridine rings is 1. The van der Waals surface area contributed by atoms with E-state index in [0.717, 1.165) is 22.2 Å². The lowest BCUT2D eigenvalue weighted by Gasteiger charge is -2.09. The first kappa shape index (κ1) is 14.5. The van der Waals surface area contributed by atoms with Crippen LogP contribution in [0.5, 0.6) is 5.75 Å². The average Bonchev–Trinajstić information content (AvgIpc) is 3.01. The second-order valence-electron chi connectivity index (χ2n) is 5.67. The van der Waals surface area contributed by atoms with Crippen LogP contribution in [0.25, 0.3) is 22.0 Å². The van der Waals surface area contributed by atoms with E-state index in [1.807, 2.05) is 48.5 Å². The Bertz CT molecular complexity index is 1090. The van der Waals surface area contributed by atoms with Gasteiger partial charge in [-0.2, -0.15) is 0 Å². The van der Waals surface area contributed by atoms with Crippen molar-refractivity contribution in [1.82, 2.24) is 9.55 Å². The average molecular weight is 320 g/mol. The zero-order valence-corrected chi connectivity index (χ0v) is 13.4. The third kappa shape index (κ3) is 2.25. The maximum Gasteiger partial charge on any atom is 0.261 e. The van der Waals surface area contributed by atoms with Gasteiger partial charge in [-0.25, -0.2) is 4.98 Å². The van der Waals surface area contributed by atoms with Crippen LogP contribution in [0.3, 0.4) is 0 Å². The van der Waals surface area contributed by atoms with Gasteiger partial charge in [-0.3, -0.25) is 9.36 Å². The van der Waals surface area contributed by atoms with E-state index in [9.17, 15) is 4.79 Å². The minimum Gasteiger partial charge on any atom is -0.497 e. The summed E-state index contributed by atoms with van der Waals surface area (Å²) in [6, 6.07) is 15.1. The molecule has 5 nitrogen and oxygen atoms in total. The third-order valence-electron chi connectivity index (χ3n) is 4.12. The molecule has 0 aliphatic heterocycles. The van der Waals surface area contributed by atoms with Crippen LogP contribution in [0, 0.1) is 6.92 Å². The predicted octanol–water partition coefficient (Wildman–Crippen LogP) is 3.51. The van der Waals surface area contributed by atoms with Crippen molar-refractivity contribution < 1.29 is 9.15 Å². The van der Waals surface area contributed by atoms with Gasteiger partial charge >= 0.3 is 0 Å². The summed E-state index contributed by atoms with van der Waals surface area (Å²) in [5.74, 6) is 1.33. The molecule has 0 atom stereocenters. The Labute approximate surface area is 138 Å². The topological polar surface area (TPSA) is 57.3 Å². The van der Waals surface area contributed by atoms with E-state index in [1.54, 1.807) is 18.6 Å². The number of aryl methyl sites for hydroxylation is 1. The highest BCUT2D eigenvalue weighted by Crippen LogP contribution is 2.23. The summed E-state index contributed by atoms with van der Waals surface area (Å²) in [6.07, 6.45) is 0. The van der Waals surface area contributed by atoms with Crippen molar-refractivity contribution in [1.29, 1.82) is 0 Å². The fourth-order valence-corrected chi connectivity index (χ4v) is 2.95. The van der Waals surface area contributed by atoms with Crippen molar-refractivity contribution >= 4 is 22.0 Å². The lowest BCUT2D eigenvalue weighted by atomic mass is 10.1. The Morgan fingerprint density at radius 1 is 1.08 bits per heavy atom. The van der Waals surface area contributed by atoms with Crippen LogP contribution >= 0.6 is 0 Å². The van der Waals surface area contributed by atoms with Crippen LogP contribution in [0.4, 0.5) is 0 Å². The van der Waals surface area contributed by atoms with E-state index in [0.29, 0.717) is 23.5 Å². The van der Waals surface area contributed by atoms with E-state index >= 15 is 0 Å². The fourth-order valence-electron chi connectivity index (χ4n) is 2.95. The first-order valence-corrected chi connectivity index (χ1v) is 7.69. The van der Waals surface area contributed by atoms with E-state index in [1.165, 1.54) is 0 Å². The quantitative estimate of drug-likeness (QED) is 0.579. The molecule has 0 spiro atoms. The van der Waals surface area contributed by atoms with Gasteiger partial charge in [-0.15, -0.1) is 0 Å². The van der Waals surface area contributed by atoms with Crippen LogP contribution < -0.4 is 10.3 Å². The standard InChI is InChI=1S/C19H16N2O3/c1-12-20-17-15-5-3-4-6-16(15)18(22)21(19(17)24-12)11-13-7-9-14(23-2)10-8-13/h3-10H,11H2,1-2H3. The van der Waals surface area contributed by atoms with Crippen LogP contribution in [0.2, 0.25) is 0 Å². The lowest BCUT2D eigenvalue weighted by molar-refractivity contribution is 0.414. The maximum atomic E-state index is 12.9. The molecule has 0 bridgehead atoms. The number of fused-ring (bicyclic) bond motifs is 3. The van der Waals surface area contributed by atoms with E-state index < -0.39 is 0 Å². The van der Waals surface area contributed by atoms with Gasteiger partial charge in [0.1, 0.15) is 11.3 Å². The number of benzene rings is 2. The molecule has 2 aromatic carbocycles. The fraction of sp³-hybridized carbons (Fsp3) is 0.158. The van der Waals surface area contributed by atoms with Crippen molar-refractivity contribution in [3.8, 4) is 5.75 Å². The second kappa shape index (κ2) is 5.53. The monoisotopic (exact) mass is 320 g/mol. The van der Waals surface area contributed by atoms with Crippen LogP contribution in [-0.4, -0.2) is 16.7 Å². The molecule has 24 heavy (non-hydrogen) atoms. The maximum absolute atomic E-state index is 12.9. The Kier molecular flexibility index (Phi) is 3.34. The number of hydrogen-bond donors (Lipinski definition) is 0. The summed E-state index contributed by atoms with van der Waals surface area (Å²) in [4.78, 5) is 17.4. The molecule has 0 amide bonds. The molecular formula is C19H16N2O3. The molecule has 2 heterocycles. The summed E-state index contributed by atoms with van der Waals surface area (Å²) in [6.45, 7) is 2.20. The molecule has 0 N–H and O–H groups in total. The van der Waals surface area contributed by atoms with Crippen molar-refractivity contribution in [3.05, 3.63) is 70.3 Å². The molecule has 5 heteroatoms. The van der Waals surface area contributed by atoms with Gasteiger partial charge in [0.2, 0.25) is 5.71 Å². The summed E-state index contributed by atoms with van der Waals surface area (Å²) < 4.78 is 12.5. The Hall–Kier alpha value is -3.08. The Balaban J connectivity index is 1.95. The van der Waals surface area contributed by atoms with Gasteiger partial charge in [0.25, 0.3) is 5.56 Å². The number of methoxy groups -OCH3 is 1. The number of rotatable bonds is 3. The van der Waals surface area contributed by atoms with Crippen molar-refractivity contribution in [2.75, 3.05) is 7.11 Å². The number of aromatic nitrogens is 2. The smallest absolute Gasteiger partial charge is 0.261 e. The zero-order chi connectivity index (χ0) is 16.7. The molecule has 0 radical (unpaired) electrons. The Morgan fingerprint density at radius 3 is 2.50 bits per heavy atom. The SMILES string of the molecule is COc1ccc(Cn2c(=O)c3ccccc3c3nc(C)oc32)cc1. The molecule has 2 aromatic heterocycles. The molecule has 0 saturated carbocycles. The predicted molar refractivity (Wildman–Crippen MR) is 92.6 cm³/mol. The highest BCUT2D eigenvalue weighted by atomic mass is 16.5. The van der Waals surface area contributed by atoms with Gasteiger partial charge in [0, 0.05) is 17.7 Å². The number of hydrogen-bond acceptors (Lipinski definition) is 4. The van der Waals surface area contributed by atoms with Crippen LogP contribution in [0.1, 0.15) is 11.5 Å². The zero-order valence-electron chi connectivity index (χ0n) is 13.4. The molecule has 0 aliphatic rings. The van der Waals surface area contributed by atoms with E-state index in [2.05, 4.69) is 4.98 Å². The molecule has 0 saturated heterocycles. The first-order valence-electron chi connectivity index (χ1n) is 7.69. The molecule has 0 unspecified atom stereocenters. The molecule has 4 aromatic rings. The van der Waals surface area contributed by atoms with Gasteiger partial charge in [0.05, 0.1) is 13.7 Å². The second-order valence-corrected chi connectivity index (χ2v) is 5.67. The lowest BCUT2D eigenvalue weighted by Crippen LogP contribution is -2.21. The van der Waals surface area contributed by atoms with Crippen molar-refractivity contribution in [2.24, 2.45) is 0 Å². The summed E-state index contributed by atoms with van der Waals surface area (Å²) in [5, 5.41) is 1.46. The largest absolute Gasteiger partial charge is 0.497 e. The third-order valence-corrected chi connectivity index (χ3v) is 4.12. The van der Waals surface area contributed by atoms with E-state index in [4.69, 9.17) is 9.15 Å². The molecule has 0 fully saturated rings. The number of nitrogens with zero attached hydrogens (tertiary/aromatic N) is 2. The highest BCUT2D eigenvalue weighted by Gasteiger charge is 2.15. The van der Waals surface area contributed by atoms with Gasteiger partial charge in [-0.05, 0) is 23.8 Å². The van der Waals surface area contributed by atoms with E-state index in [-0.39, 0.29) is 5.56 Å². The van der Waals surface area contributed by atoms with Gasteiger partial charge < -0.3 is 9.15 Å². The summed E-state index contributed by atoms with van der Waals surface area (Å²) in [5.41, 5.74) is 2.14. The minimum absolute atomic E-state index is 0.0786. The normalized spacial score (nSPS) is 11.2. The summed E-state index contributed by atoms with van der Waals surface area (Å²) >= 11 is 0. The molecule has 120 valence electrons. The number of oxazole rings is 1. The van der Waals surface area contributed by atoms with Crippen molar-refractivity contribution in [3.63, 3.8) is 0 Å². The highest BCUT2D eigenvalue weighted by molar-refractivity contribution is 6.01. The Morgan fingerprint density at radius 2 is 1.79 bits per heavy atom. The van der Waals surface area contributed by atoms with Crippen LogP contribution in [0.15, 0.2) is 57.7 Å². The van der Waals surface area contributed by atoms with Crippen LogP contribution in [-0.2, 0) is 6.54 Å². The molecule has 4 rings (SSSR count). The molecular weight excluding hydrogens is 304 g/mol. The van der Waals surface area contributed by atoms with Gasteiger partial charge in [-0.1, -0.05) is 30.3 Å². The first-order chi connectivity index (χ1) is 11.7. The molecule has 0 aliphatic carbocycles. The minimum atomic E-state index is -0.0786. The number of ether oxygens (including phenoxy) is 1. The van der Waals surface area contributed by atoms with Gasteiger partial charge in [0.15, 0.2) is 5.89 Å².